The summed E-state index contributed by atoms with van der Waals surface area (Å²) in [6.45, 7) is 3.05. The topological polar surface area (TPSA) is 95.3 Å². The van der Waals surface area contributed by atoms with Crippen LogP contribution in [-0.2, 0) is 0 Å². The smallest absolute Gasteiger partial charge is 0.273 e. The van der Waals surface area contributed by atoms with Crippen LogP contribution in [0.1, 0.15) is 22.6 Å². The van der Waals surface area contributed by atoms with E-state index in [9.17, 15) is 9.90 Å². The van der Waals surface area contributed by atoms with Crippen molar-refractivity contribution in [2.75, 3.05) is 31.6 Å². The zero-order valence-corrected chi connectivity index (χ0v) is 13.8. The van der Waals surface area contributed by atoms with E-state index in [0.29, 0.717) is 25.5 Å². The Hall–Kier alpha value is -2.61. The number of carbonyl (C=O) groups excluding carboxylic acids is 1. The summed E-state index contributed by atoms with van der Waals surface area (Å²) in [5.41, 5.74) is 0.0249. The van der Waals surface area contributed by atoms with Crippen LogP contribution >= 0.6 is 0 Å². The van der Waals surface area contributed by atoms with Crippen molar-refractivity contribution < 1.29 is 9.90 Å². The van der Waals surface area contributed by atoms with E-state index >= 15 is 0 Å². The van der Waals surface area contributed by atoms with E-state index in [1.165, 1.54) is 11.1 Å². The first kappa shape index (κ1) is 16.3. The van der Waals surface area contributed by atoms with Crippen molar-refractivity contribution in [3.63, 3.8) is 0 Å². The van der Waals surface area contributed by atoms with E-state index in [4.69, 9.17) is 0 Å². The van der Waals surface area contributed by atoms with E-state index < -0.39 is 5.60 Å². The third-order valence-electron chi connectivity index (χ3n) is 4.05. The van der Waals surface area contributed by atoms with Crippen LogP contribution in [0.25, 0.3) is 0 Å². The highest BCUT2D eigenvalue weighted by Crippen LogP contribution is 2.25. The summed E-state index contributed by atoms with van der Waals surface area (Å²) in [7, 11) is 1.66. The highest BCUT2D eigenvalue weighted by Gasteiger charge is 2.39. The molecule has 8 nitrogen and oxygen atoms in total. The maximum Gasteiger partial charge on any atom is 0.273 e. The lowest BCUT2D eigenvalue weighted by atomic mass is 10.0. The van der Waals surface area contributed by atoms with E-state index in [1.807, 2.05) is 11.8 Å². The van der Waals surface area contributed by atoms with Crippen LogP contribution in [0.3, 0.4) is 0 Å². The summed E-state index contributed by atoms with van der Waals surface area (Å²) in [5, 5.41) is 10.8. The summed E-state index contributed by atoms with van der Waals surface area (Å²) in [6, 6.07) is 1.75. The number of rotatable bonds is 4. The number of aliphatic hydroxyl groups is 1. The Morgan fingerprint density at radius 2 is 2.04 bits per heavy atom. The van der Waals surface area contributed by atoms with Crippen molar-refractivity contribution in [2.24, 2.45) is 0 Å². The SMILES string of the molecule is Cc1cnc(C(=O)N(C)C[C@]2(O)CCN(c3ncccn3)C2)cn1. The molecule has 24 heavy (non-hydrogen) atoms. The standard InChI is InChI=1S/C16H20N6O2/c1-12-8-20-13(9-19-12)14(23)21(2)10-16(24)4-7-22(11-16)15-17-5-3-6-18-15/h3,5-6,8-9,24H,4,7,10-11H2,1-2H3/t16-/m1/s1. The number of nitrogens with zero attached hydrogens (tertiary/aromatic N) is 6. The first-order valence-corrected chi connectivity index (χ1v) is 7.75. The maximum atomic E-state index is 12.4. The number of hydrogen-bond donors (Lipinski definition) is 1. The molecule has 8 heteroatoms. The predicted octanol–water partition coefficient (Wildman–Crippen LogP) is 0.288. The number of amides is 1. The highest BCUT2D eigenvalue weighted by molar-refractivity contribution is 5.91. The molecule has 1 aliphatic heterocycles. The van der Waals surface area contributed by atoms with Crippen molar-refractivity contribution in [1.29, 1.82) is 0 Å². The lowest BCUT2D eigenvalue weighted by molar-refractivity contribution is 0.0261. The molecule has 1 amide bonds. The molecule has 0 spiro atoms. The molecule has 1 atom stereocenters. The fourth-order valence-electron chi connectivity index (χ4n) is 2.82. The van der Waals surface area contributed by atoms with E-state index in [-0.39, 0.29) is 18.1 Å². The Kier molecular flexibility index (Phi) is 4.39. The Morgan fingerprint density at radius 1 is 1.29 bits per heavy atom. The fourth-order valence-corrected chi connectivity index (χ4v) is 2.82. The molecule has 0 bridgehead atoms. The summed E-state index contributed by atoms with van der Waals surface area (Å²) in [5.74, 6) is 0.331. The molecule has 1 aliphatic rings. The Morgan fingerprint density at radius 3 is 2.71 bits per heavy atom. The zero-order chi connectivity index (χ0) is 17.2. The number of aryl methyl sites for hydroxylation is 1. The second-order valence-electron chi connectivity index (χ2n) is 6.15. The second-order valence-corrected chi connectivity index (χ2v) is 6.15. The summed E-state index contributed by atoms with van der Waals surface area (Å²) in [4.78, 5) is 32.4. The number of aromatic nitrogens is 4. The number of hydrogen-bond acceptors (Lipinski definition) is 7. The Bertz CT molecular complexity index is 708. The molecule has 3 heterocycles. The van der Waals surface area contributed by atoms with Crippen LogP contribution in [0.2, 0.25) is 0 Å². The van der Waals surface area contributed by atoms with Gasteiger partial charge in [0.25, 0.3) is 5.91 Å². The molecule has 2 aromatic heterocycles. The highest BCUT2D eigenvalue weighted by atomic mass is 16.3. The van der Waals surface area contributed by atoms with Gasteiger partial charge in [-0.25, -0.2) is 15.0 Å². The Balaban J connectivity index is 1.64. The van der Waals surface area contributed by atoms with Gasteiger partial charge in [-0.15, -0.1) is 0 Å². The van der Waals surface area contributed by atoms with Crippen molar-refractivity contribution in [3.05, 3.63) is 42.2 Å². The molecular weight excluding hydrogens is 308 g/mol. The fraction of sp³-hybridized carbons (Fsp3) is 0.438. The molecule has 126 valence electrons. The number of β-amino-alcohol motifs (C(OH)–C–C–N with tert-alkyl or cyclic N) is 1. The Labute approximate surface area is 140 Å². The first-order chi connectivity index (χ1) is 11.5. The molecule has 0 saturated carbocycles. The molecular formula is C16H20N6O2. The summed E-state index contributed by atoms with van der Waals surface area (Å²) < 4.78 is 0. The quantitative estimate of drug-likeness (QED) is 0.861. The average molecular weight is 328 g/mol. The monoisotopic (exact) mass is 328 g/mol. The van der Waals surface area contributed by atoms with Gasteiger partial charge in [0.2, 0.25) is 5.95 Å². The molecule has 0 radical (unpaired) electrons. The minimum Gasteiger partial charge on any atom is -0.386 e. The molecule has 1 saturated heterocycles. The van der Waals surface area contributed by atoms with Gasteiger partial charge in [0.15, 0.2) is 0 Å². The van der Waals surface area contributed by atoms with E-state index in [2.05, 4.69) is 19.9 Å². The maximum absolute atomic E-state index is 12.4. The van der Waals surface area contributed by atoms with Gasteiger partial charge in [0, 0.05) is 32.2 Å². The van der Waals surface area contributed by atoms with Crippen molar-refractivity contribution in [1.82, 2.24) is 24.8 Å². The number of likely N-dealkylation sites (N-methyl/N-ethyl adjacent to an activating group) is 1. The molecule has 2 aromatic rings. The van der Waals surface area contributed by atoms with Gasteiger partial charge in [0.05, 0.1) is 25.0 Å². The van der Waals surface area contributed by atoms with Gasteiger partial charge < -0.3 is 14.9 Å². The summed E-state index contributed by atoms with van der Waals surface area (Å²) >= 11 is 0. The van der Waals surface area contributed by atoms with Crippen molar-refractivity contribution in [2.45, 2.75) is 18.9 Å². The largest absolute Gasteiger partial charge is 0.386 e. The molecule has 3 rings (SSSR count). The van der Waals surface area contributed by atoms with Crippen LogP contribution in [0, 0.1) is 6.92 Å². The first-order valence-electron chi connectivity index (χ1n) is 7.75. The van der Waals surface area contributed by atoms with Crippen LogP contribution in [0.15, 0.2) is 30.9 Å². The van der Waals surface area contributed by atoms with Gasteiger partial charge in [-0.05, 0) is 19.4 Å². The normalized spacial score (nSPS) is 20.2. The molecule has 0 unspecified atom stereocenters. The lowest BCUT2D eigenvalue weighted by Gasteiger charge is -2.28. The molecule has 1 N–H and O–H groups in total. The minimum atomic E-state index is -0.998. The molecule has 0 aliphatic carbocycles. The van der Waals surface area contributed by atoms with Crippen LogP contribution in [0.5, 0.6) is 0 Å². The van der Waals surface area contributed by atoms with Crippen molar-refractivity contribution >= 4 is 11.9 Å². The van der Waals surface area contributed by atoms with E-state index in [0.717, 1.165) is 5.69 Å². The molecule has 1 fully saturated rings. The van der Waals surface area contributed by atoms with E-state index in [1.54, 1.807) is 31.7 Å². The second kappa shape index (κ2) is 6.48. The van der Waals surface area contributed by atoms with Crippen LogP contribution in [0.4, 0.5) is 5.95 Å². The average Bonchev–Trinajstić information content (AvgIpc) is 2.97. The molecule has 0 aromatic carbocycles. The minimum absolute atomic E-state index is 0.213. The zero-order valence-electron chi connectivity index (χ0n) is 13.8. The van der Waals surface area contributed by atoms with Gasteiger partial charge >= 0.3 is 0 Å². The third-order valence-corrected chi connectivity index (χ3v) is 4.05. The predicted molar refractivity (Wildman–Crippen MR) is 87.5 cm³/mol. The number of carbonyl (C=O) groups is 1. The van der Waals surface area contributed by atoms with Crippen molar-refractivity contribution in [3.8, 4) is 0 Å². The van der Waals surface area contributed by atoms with Gasteiger partial charge in [-0.1, -0.05) is 0 Å². The lowest BCUT2D eigenvalue weighted by Crippen LogP contribution is -2.46. The third kappa shape index (κ3) is 3.48. The van der Waals surface area contributed by atoms with Gasteiger partial charge in [-0.2, -0.15) is 0 Å². The van der Waals surface area contributed by atoms with Gasteiger partial charge in [-0.3, -0.25) is 9.78 Å². The summed E-state index contributed by atoms with van der Waals surface area (Å²) in [6.07, 6.45) is 6.90. The van der Waals surface area contributed by atoms with Crippen LogP contribution in [-0.4, -0.2) is 68.1 Å². The van der Waals surface area contributed by atoms with Crippen LogP contribution < -0.4 is 4.90 Å². The number of anilines is 1. The van der Waals surface area contributed by atoms with Gasteiger partial charge in [0.1, 0.15) is 11.3 Å².